The van der Waals surface area contributed by atoms with E-state index in [0.29, 0.717) is 11.1 Å². The number of phenols is 1. The summed E-state index contributed by atoms with van der Waals surface area (Å²) in [6, 6.07) is 9.31. The number of esters is 1. The predicted molar refractivity (Wildman–Crippen MR) is 69.6 cm³/mol. The summed E-state index contributed by atoms with van der Waals surface area (Å²) in [5, 5.41) is 9.64. The van der Waals surface area contributed by atoms with Crippen molar-refractivity contribution in [1.82, 2.24) is 0 Å². The van der Waals surface area contributed by atoms with Gasteiger partial charge in [0, 0.05) is 0 Å². The average molecular weight is 260 g/mol. The van der Waals surface area contributed by atoms with E-state index in [9.17, 15) is 14.3 Å². The minimum Gasteiger partial charge on any atom is -0.508 e. The second kappa shape index (κ2) is 5.10. The van der Waals surface area contributed by atoms with Gasteiger partial charge in [0.2, 0.25) is 0 Å². The summed E-state index contributed by atoms with van der Waals surface area (Å²) in [6.07, 6.45) is 0. The molecule has 0 saturated carbocycles. The molecule has 0 unspecified atom stereocenters. The van der Waals surface area contributed by atoms with Crippen LogP contribution in [0.25, 0.3) is 11.1 Å². The van der Waals surface area contributed by atoms with Gasteiger partial charge in [-0.2, -0.15) is 0 Å². The third-order valence-corrected chi connectivity index (χ3v) is 2.92. The zero-order valence-electron chi connectivity index (χ0n) is 10.6. The average Bonchev–Trinajstić information content (AvgIpc) is 2.41. The maximum Gasteiger partial charge on any atom is 0.340 e. The zero-order chi connectivity index (χ0) is 14.0. The van der Waals surface area contributed by atoms with Crippen molar-refractivity contribution in [3.63, 3.8) is 0 Å². The number of halogens is 1. The van der Waals surface area contributed by atoms with Crippen molar-refractivity contribution in [1.29, 1.82) is 0 Å². The van der Waals surface area contributed by atoms with Gasteiger partial charge in [0.05, 0.1) is 12.7 Å². The van der Waals surface area contributed by atoms with E-state index in [1.807, 2.05) is 0 Å². The number of aromatic hydroxyl groups is 1. The lowest BCUT2D eigenvalue weighted by atomic mass is 10.0. The number of methoxy groups -OCH3 is 1. The molecule has 98 valence electrons. The Morgan fingerprint density at radius 2 is 1.79 bits per heavy atom. The monoisotopic (exact) mass is 260 g/mol. The van der Waals surface area contributed by atoms with Crippen molar-refractivity contribution in [3.05, 3.63) is 53.3 Å². The van der Waals surface area contributed by atoms with Gasteiger partial charge >= 0.3 is 5.97 Å². The Bertz CT molecular complexity index is 635. The molecule has 1 N–H and O–H groups in total. The number of rotatable bonds is 2. The lowest BCUT2D eigenvalue weighted by Crippen LogP contribution is -2.04. The minimum absolute atomic E-state index is 0.109. The maximum absolute atomic E-state index is 13.8. The Morgan fingerprint density at radius 3 is 2.37 bits per heavy atom. The van der Waals surface area contributed by atoms with Crippen LogP contribution in [0.3, 0.4) is 0 Å². The van der Waals surface area contributed by atoms with E-state index in [2.05, 4.69) is 4.74 Å². The SMILES string of the molecule is COC(=O)c1ccc(-c2ccc(C)c(O)c2)cc1F. The van der Waals surface area contributed by atoms with Gasteiger partial charge < -0.3 is 9.84 Å². The minimum atomic E-state index is -0.712. The van der Waals surface area contributed by atoms with E-state index < -0.39 is 11.8 Å². The van der Waals surface area contributed by atoms with Crippen LogP contribution in [-0.4, -0.2) is 18.2 Å². The Labute approximate surface area is 110 Å². The Kier molecular flexibility index (Phi) is 3.51. The third kappa shape index (κ3) is 2.57. The molecule has 0 heterocycles. The molecule has 0 fully saturated rings. The summed E-state index contributed by atoms with van der Waals surface area (Å²) in [6.45, 7) is 1.78. The molecule has 2 aromatic carbocycles. The largest absolute Gasteiger partial charge is 0.508 e. The quantitative estimate of drug-likeness (QED) is 0.843. The molecule has 0 aliphatic carbocycles. The molecular weight excluding hydrogens is 247 g/mol. The number of carbonyl (C=O) groups excluding carboxylic acids is 1. The van der Waals surface area contributed by atoms with Crippen LogP contribution < -0.4 is 0 Å². The number of hydrogen-bond donors (Lipinski definition) is 1. The highest BCUT2D eigenvalue weighted by Crippen LogP contribution is 2.27. The van der Waals surface area contributed by atoms with Crippen molar-refractivity contribution in [2.24, 2.45) is 0 Å². The van der Waals surface area contributed by atoms with Crippen LogP contribution in [0, 0.1) is 12.7 Å². The van der Waals surface area contributed by atoms with Crippen LogP contribution >= 0.6 is 0 Å². The van der Waals surface area contributed by atoms with Crippen molar-refractivity contribution in [2.45, 2.75) is 6.92 Å². The molecule has 0 spiro atoms. The molecule has 0 saturated heterocycles. The molecule has 0 atom stereocenters. The molecule has 2 aromatic rings. The van der Waals surface area contributed by atoms with Crippen molar-refractivity contribution >= 4 is 5.97 Å². The Morgan fingerprint density at radius 1 is 1.16 bits per heavy atom. The normalized spacial score (nSPS) is 10.3. The van der Waals surface area contributed by atoms with Gasteiger partial charge in [-0.1, -0.05) is 18.2 Å². The standard InChI is InChI=1S/C15H13FO3/c1-9-3-4-11(8-14(9)17)10-5-6-12(13(16)7-10)15(18)19-2/h3-8,17H,1-2H3. The van der Waals surface area contributed by atoms with Crippen LogP contribution in [-0.2, 0) is 4.74 Å². The molecule has 0 bridgehead atoms. The third-order valence-electron chi connectivity index (χ3n) is 2.92. The van der Waals surface area contributed by atoms with Gasteiger partial charge in [-0.05, 0) is 41.8 Å². The highest BCUT2D eigenvalue weighted by atomic mass is 19.1. The van der Waals surface area contributed by atoms with Gasteiger partial charge in [-0.3, -0.25) is 0 Å². The van der Waals surface area contributed by atoms with Crippen molar-refractivity contribution < 1.29 is 19.0 Å². The Balaban J connectivity index is 2.44. The van der Waals surface area contributed by atoms with Gasteiger partial charge in [-0.25, -0.2) is 9.18 Å². The first kappa shape index (κ1) is 13.1. The van der Waals surface area contributed by atoms with Crippen LogP contribution in [0.2, 0.25) is 0 Å². The smallest absolute Gasteiger partial charge is 0.340 e. The van der Waals surface area contributed by atoms with Crippen LogP contribution in [0.5, 0.6) is 5.75 Å². The maximum atomic E-state index is 13.8. The molecule has 19 heavy (non-hydrogen) atoms. The van der Waals surface area contributed by atoms with Crippen LogP contribution in [0.1, 0.15) is 15.9 Å². The highest BCUT2D eigenvalue weighted by molar-refractivity contribution is 5.90. The molecule has 3 nitrogen and oxygen atoms in total. The topological polar surface area (TPSA) is 46.5 Å². The van der Waals surface area contributed by atoms with E-state index in [1.54, 1.807) is 31.2 Å². The number of carbonyl (C=O) groups is 1. The fraction of sp³-hybridized carbons (Fsp3) is 0.133. The number of hydrogen-bond acceptors (Lipinski definition) is 3. The van der Waals surface area contributed by atoms with E-state index in [-0.39, 0.29) is 11.3 Å². The van der Waals surface area contributed by atoms with Gasteiger partial charge in [0.1, 0.15) is 11.6 Å². The first-order valence-corrected chi connectivity index (χ1v) is 5.71. The van der Waals surface area contributed by atoms with E-state index in [1.165, 1.54) is 19.2 Å². The van der Waals surface area contributed by atoms with E-state index >= 15 is 0 Å². The summed E-state index contributed by atoms with van der Waals surface area (Å²) in [7, 11) is 1.20. The number of ether oxygens (including phenoxy) is 1. The lowest BCUT2D eigenvalue weighted by Gasteiger charge is -2.07. The summed E-state index contributed by atoms with van der Waals surface area (Å²) < 4.78 is 18.3. The van der Waals surface area contributed by atoms with Crippen molar-refractivity contribution in [2.75, 3.05) is 7.11 Å². The number of aryl methyl sites for hydroxylation is 1. The molecular formula is C15H13FO3. The summed E-state index contributed by atoms with van der Waals surface area (Å²) >= 11 is 0. The molecule has 0 amide bonds. The molecule has 2 rings (SSSR count). The van der Waals surface area contributed by atoms with Gasteiger partial charge in [-0.15, -0.1) is 0 Å². The first-order chi connectivity index (χ1) is 9.02. The predicted octanol–water partition coefficient (Wildman–Crippen LogP) is 3.29. The fourth-order valence-corrected chi connectivity index (χ4v) is 1.76. The van der Waals surface area contributed by atoms with Gasteiger partial charge in [0.25, 0.3) is 0 Å². The summed E-state index contributed by atoms with van der Waals surface area (Å²) in [5.41, 5.74) is 1.90. The van der Waals surface area contributed by atoms with Crippen molar-refractivity contribution in [3.8, 4) is 16.9 Å². The second-order valence-electron chi connectivity index (χ2n) is 4.19. The molecule has 0 aliphatic rings. The van der Waals surface area contributed by atoms with E-state index in [0.717, 1.165) is 5.56 Å². The van der Waals surface area contributed by atoms with Gasteiger partial charge in [0.15, 0.2) is 0 Å². The fourth-order valence-electron chi connectivity index (χ4n) is 1.76. The number of benzene rings is 2. The van der Waals surface area contributed by atoms with E-state index in [4.69, 9.17) is 0 Å². The summed E-state index contributed by atoms with van der Waals surface area (Å²) in [4.78, 5) is 11.3. The molecule has 0 aromatic heterocycles. The Hall–Kier alpha value is -2.36. The zero-order valence-corrected chi connectivity index (χ0v) is 10.6. The molecule has 0 aliphatic heterocycles. The highest BCUT2D eigenvalue weighted by Gasteiger charge is 2.13. The summed E-state index contributed by atoms with van der Waals surface area (Å²) in [5.74, 6) is -1.21. The first-order valence-electron chi connectivity index (χ1n) is 5.71. The van der Waals surface area contributed by atoms with Crippen LogP contribution in [0.4, 0.5) is 4.39 Å². The molecule has 0 radical (unpaired) electrons. The number of phenolic OH excluding ortho intramolecular Hbond substituents is 1. The van der Waals surface area contributed by atoms with Crippen LogP contribution in [0.15, 0.2) is 36.4 Å². The lowest BCUT2D eigenvalue weighted by molar-refractivity contribution is 0.0595. The second-order valence-corrected chi connectivity index (χ2v) is 4.19. The molecule has 4 heteroatoms.